The average molecular weight is 271 g/mol. The summed E-state index contributed by atoms with van der Waals surface area (Å²) in [5.41, 5.74) is 1.34. The number of nitrogens with one attached hydrogen (secondary N) is 1. The molecule has 15 heavy (non-hydrogen) atoms. The van der Waals surface area contributed by atoms with Crippen molar-refractivity contribution in [3.8, 4) is 0 Å². The van der Waals surface area contributed by atoms with Gasteiger partial charge in [-0.05, 0) is 25.0 Å². The molecule has 0 aliphatic heterocycles. The van der Waals surface area contributed by atoms with Crippen molar-refractivity contribution in [3.63, 3.8) is 0 Å². The number of aryl methyl sites for hydroxylation is 1. The molecule has 1 unspecified atom stereocenters. The molecule has 0 bridgehead atoms. The lowest BCUT2D eigenvalue weighted by atomic mass is 10.2. The zero-order valence-electron chi connectivity index (χ0n) is 8.96. The van der Waals surface area contributed by atoms with Crippen LogP contribution in [0.2, 0.25) is 0 Å². The fraction of sp³-hybridized carbons (Fsp3) is 0.455. The van der Waals surface area contributed by atoms with E-state index in [0.717, 1.165) is 11.0 Å². The van der Waals surface area contributed by atoms with E-state index in [1.165, 1.54) is 0 Å². The third-order valence-corrected chi connectivity index (χ3v) is 3.10. The topological polar surface area (TPSA) is 42.0 Å². The van der Waals surface area contributed by atoms with Gasteiger partial charge in [0.25, 0.3) is 5.91 Å². The van der Waals surface area contributed by atoms with Crippen LogP contribution in [0, 0.1) is 12.8 Å². The van der Waals surface area contributed by atoms with E-state index >= 15 is 0 Å². The number of alkyl halides is 1. The first-order valence-electron chi connectivity index (χ1n) is 4.91. The summed E-state index contributed by atoms with van der Waals surface area (Å²) >= 11 is 3.37. The molecule has 1 atom stereocenters. The van der Waals surface area contributed by atoms with E-state index in [4.69, 9.17) is 0 Å². The number of aromatic nitrogens is 1. The van der Waals surface area contributed by atoms with Gasteiger partial charge in [-0.2, -0.15) is 0 Å². The molecule has 0 saturated heterocycles. The van der Waals surface area contributed by atoms with Gasteiger partial charge in [-0.25, -0.2) is 4.98 Å². The molecule has 1 aromatic heterocycles. The standard InChI is InChI=1S/C11H15BrN2O/c1-8(6-12)7-13-11(15)10-5-3-4-9(2)14-10/h3-5,8H,6-7H2,1-2H3,(H,13,15). The highest BCUT2D eigenvalue weighted by Crippen LogP contribution is 2.00. The van der Waals surface area contributed by atoms with Gasteiger partial charge < -0.3 is 5.32 Å². The molecule has 0 aliphatic carbocycles. The summed E-state index contributed by atoms with van der Waals surface area (Å²) in [7, 11) is 0. The summed E-state index contributed by atoms with van der Waals surface area (Å²) in [5.74, 6) is 0.324. The molecule has 1 heterocycles. The lowest BCUT2D eigenvalue weighted by molar-refractivity contribution is 0.0944. The molecule has 82 valence electrons. The SMILES string of the molecule is Cc1cccc(C(=O)NCC(C)CBr)n1. The quantitative estimate of drug-likeness (QED) is 0.852. The Morgan fingerprint density at radius 3 is 2.93 bits per heavy atom. The first-order valence-corrected chi connectivity index (χ1v) is 6.03. The smallest absolute Gasteiger partial charge is 0.269 e. The van der Waals surface area contributed by atoms with Gasteiger partial charge >= 0.3 is 0 Å². The van der Waals surface area contributed by atoms with E-state index in [2.05, 4.69) is 33.2 Å². The van der Waals surface area contributed by atoms with Crippen molar-refractivity contribution in [2.45, 2.75) is 13.8 Å². The fourth-order valence-electron chi connectivity index (χ4n) is 1.08. The van der Waals surface area contributed by atoms with Gasteiger partial charge in [0.05, 0.1) is 0 Å². The maximum atomic E-state index is 11.6. The largest absolute Gasteiger partial charge is 0.350 e. The van der Waals surface area contributed by atoms with E-state index in [-0.39, 0.29) is 5.91 Å². The number of halogens is 1. The molecule has 0 radical (unpaired) electrons. The molecule has 0 saturated carbocycles. The van der Waals surface area contributed by atoms with Crippen LogP contribution in [0.1, 0.15) is 23.1 Å². The van der Waals surface area contributed by atoms with E-state index in [1.807, 2.05) is 19.1 Å². The van der Waals surface area contributed by atoms with Crippen LogP contribution in [0.15, 0.2) is 18.2 Å². The van der Waals surface area contributed by atoms with Crippen LogP contribution in [-0.4, -0.2) is 22.8 Å². The van der Waals surface area contributed by atoms with Crippen molar-refractivity contribution in [2.24, 2.45) is 5.92 Å². The van der Waals surface area contributed by atoms with Crippen molar-refractivity contribution >= 4 is 21.8 Å². The predicted octanol–water partition coefficient (Wildman–Crippen LogP) is 2.15. The van der Waals surface area contributed by atoms with Gasteiger partial charge in [0, 0.05) is 17.6 Å². The maximum absolute atomic E-state index is 11.6. The second-order valence-electron chi connectivity index (χ2n) is 3.63. The number of hydrogen-bond donors (Lipinski definition) is 1. The second kappa shape index (κ2) is 5.85. The Labute approximate surface area is 98.4 Å². The number of nitrogens with zero attached hydrogens (tertiary/aromatic N) is 1. The average Bonchev–Trinajstić information content (AvgIpc) is 2.25. The van der Waals surface area contributed by atoms with Crippen LogP contribution >= 0.6 is 15.9 Å². The minimum Gasteiger partial charge on any atom is -0.350 e. The Kier molecular flexibility index (Phi) is 4.75. The summed E-state index contributed by atoms with van der Waals surface area (Å²) in [4.78, 5) is 15.8. The summed E-state index contributed by atoms with van der Waals surface area (Å²) in [6, 6.07) is 5.43. The summed E-state index contributed by atoms with van der Waals surface area (Å²) in [6.45, 7) is 4.61. The minimum absolute atomic E-state index is 0.105. The summed E-state index contributed by atoms with van der Waals surface area (Å²) in [5, 5.41) is 3.73. The number of hydrogen-bond acceptors (Lipinski definition) is 2. The zero-order valence-corrected chi connectivity index (χ0v) is 10.5. The van der Waals surface area contributed by atoms with Crippen LogP contribution in [-0.2, 0) is 0 Å². The van der Waals surface area contributed by atoms with Gasteiger partial charge in [0.15, 0.2) is 0 Å². The molecular weight excluding hydrogens is 256 g/mol. The Bertz CT molecular complexity index is 341. The van der Waals surface area contributed by atoms with E-state index in [0.29, 0.717) is 18.2 Å². The Hall–Kier alpha value is -0.900. The first-order chi connectivity index (χ1) is 7.13. The van der Waals surface area contributed by atoms with E-state index in [1.54, 1.807) is 6.07 Å². The molecule has 0 aliphatic rings. The lowest BCUT2D eigenvalue weighted by Gasteiger charge is -2.09. The molecule has 0 spiro atoms. The molecule has 1 amide bonds. The number of rotatable bonds is 4. The predicted molar refractivity (Wildman–Crippen MR) is 64.3 cm³/mol. The highest BCUT2D eigenvalue weighted by atomic mass is 79.9. The number of carbonyl (C=O) groups excluding carboxylic acids is 1. The van der Waals surface area contributed by atoms with Crippen LogP contribution in [0.3, 0.4) is 0 Å². The van der Waals surface area contributed by atoms with Gasteiger partial charge in [0.1, 0.15) is 5.69 Å². The zero-order chi connectivity index (χ0) is 11.3. The third kappa shape index (κ3) is 4.00. The summed E-state index contributed by atoms with van der Waals surface area (Å²) in [6.07, 6.45) is 0. The van der Waals surface area contributed by atoms with Gasteiger partial charge in [-0.1, -0.05) is 28.9 Å². The number of pyridine rings is 1. The van der Waals surface area contributed by atoms with Crippen molar-refractivity contribution in [2.75, 3.05) is 11.9 Å². The third-order valence-electron chi connectivity index (χ3n) is 2.00. The molecule has 0 fully saturated rings. The first kappa shape index (κ1) is 12.2. The summed E-state index contributed by atoms with van der Waals surface area (Å²) < 4.78 is 0. The van der Waals surface area contributed by atoms with Crippen molar-refractivity contribution in [1.82, 2.24) is 10.3 Å². The molecule has 3 nitrogen and oxygen atoms in total. The van der Waals surface area contributed by atoms with Crippen LogP contribution in [0.25, 0.3) is 0 Å². The van der Waals surface area contributed by atoms with E-state index < -0.39 is 0 Å². The molecule has 4 heteroatoms. The Morgan fingerprint density at radius 2 is 2.33 bits per heavy atom. The van der Waals surface area contributed by atoms with Crippen molar-refractivity contribution in [3.05, 3.63) is 29.6 Å². The minimum atomic E-state index is -0.105. The molecule has 0 aromatic carbocycles. The van der Waals surface area contributed by atoms with Gasteiger partial charge in [-0.3, -0.25) is 4.79 Å². The molecular formula is C11H15BrN2O. The molecule has 1 N–H and O–H groups in total. The fourth-order valence-corrected chi connectivity index (χ4v) is 1.31. The van der Waals surface area contributed by atoms with Crippen molar-refractivity contribution < 1.29 is 4.79 Å². The number of carbonyl (C=O) groups is 1. The van der Waals surface area contributed by atoms with Crippen LogP contribution < -0.4 is 5.32 Å². The van der Waals surface area contributed by atoms with Crippen molar-refractivity contribution in [1.29, 1.82) is 0 Å². The monoisotopic (exact) mass is 270 g/mol. The normalized spacial score (nSPS) is 12.2. The Morgan fingerprint density at radius 1 is 1.60 bits per heavy atom. The highest BCUT2D eigenvalue weighted by molar-refractivity contribution is 9.09. The van der Waals surface area contributed by atoms with Crippen LogP contribution in [0.4, 0.5) is 0 Å². The lowest BCUT2D eigenvalue weighted by Crippen LogP contribution is -2.29. The van der Waals surface area contributed by atoms with E-state index in [9.17, 15) is 4.79 Å². The van der Waals surface area contributed by atoms with Gasteiger partial charge in [0.2, 0.25) is 0 Å². The molecule has 1 aromatic rings. The second-order valence-corrected chi connectivity index (χ2v) is 4.28. The molecule has 1 rings (SSSR count). The Balaban J connectivity index is 2.54. The van der Waals surface area contributed by atoms with Gasteiger partial charge in [-0.15, -0.1) is 0 Å². The maximum Gasteiger partial charge on any atom is 0.269 e. The highest BCUT2D eigenvalue weighted by Gasteiger charge is 2.08. The number of amides is 1. The van der Waals surface area contributed by atoms with Crippen LogP contribution in [0.5, 0.6) is 0 Å².